The van der Waals surface area contributed by atoms with Gasteiger partial charge in [0, 0.05) is 44.2 Å². The molecule has 2 saturated heterocycles. The third kappa shape index (κ3) is 6.02. The first-order chi connectivity index (χ1) is 10.1. The molecule has 136 valence electrons. The van der Waals surface area contributed by atoms with Crippen molar-refractivity contribution >= 4 is 40.0 Å². The van der Waals surface area contributed by atoms with Gasteiger partial charge in [0.2, 0.25) is 10.0 Å². The topological polar surface area (TPSA) is 83.0 Å². The number of likely N-dealkylation sites (tertiary alicyclic amines) is 1. The van der Waals surface area contributed by atoms with Gasteiger partial charge in [-0.15, -0.1) is 24.0 Å². The Morgan fingerprint density at radius 2 is 2.09 bits per heavy atom. The molecule has 9 heteroatoms. The summed E-state index contributed by atoms with van der Waals surface area (Å²) in [5.41, 5.74) is -0.296. The third-order valence-corrected chi connectivity index (χ3v) is 5.21. The fourth-order valence-corrected chi connectivity index (χ4v) is 4.33. The zero-order valence-corrected chi connectivity index (χ0v) is 17.5. The lowest BCUT2D eigenvalue weighted by atomic mass is 9.87. The smallest absolute Gasteiger partial charge is 0.209 e. The number of hydrogen-bond donors (Lipinski definition) is 2. The van der Waals surface area contributed by atoms with E-state index < -0.39 is 15.6 Å². The lowest BCUT2D eigenvalue weighted by Gasteiger charge is -2.29. The van der Waals surface area contributed by atoms with Crippen LogP contribution in [0.25, 0.3) is 0 Å². The molecule has 0 radical (unpaired) electrons. The first-order valence-corrected chi connectivity index (χ1v) is 9.56. The molecular weight excluding hydrogens is 431 g/mol. The average Bonchev–Trinajstić information content (AvgIpc) is 2.98. The van der Waals surface area contributed by atoms with Gasteiger partial charge in [0.25, 0.3) is 0 Å². The maximum atomic E-state index is 11.4. The molecule has 0 aromatic rings. The fraction of sp³-hybridized carbons (Fsp3) is 0.929. The normalized spacial score (nSPS) is 25.7. The van der Waals surface area contributed by atoms with Crippen LogP contribution in [0.2, 0.25) is 0 Å². The van der Waals surface area contributed by atoms with Crippen LogP contribution >= 0.6 is 24.0 Å². The van der Waals surface area contributed by atoms with E-state index in [1.54, 1.807) is 7.05 Å². The molecule has 2 rings (SSSR count). The van der Waals surface area contributed by atoms with Crippen LogP contribution in [0, 0.1) is 5.41 Å². The summed E-state index contributed by atoms with van der Waals surface area (Å²) >= 11 is 0. The Bertz CT molecular complexity index is 530. The molecule has 2 heterocycles. The summed E-state index contributed by atoms with van der Waals surface area (Å²) in [4.78, 5) is 6.58. The van der Waals surface area contributed by atoms with Crippen LogP contribution in [0.4, 0.5) is 0 Å². The standard InChI is InChI=1S/C14H28N4O3S.HI/c1-13(2,17-22(4,19)20)9-16-12(15-3)18-7-5-14(10-18)6-8-21-11-14;/h17H,5-11H2,1-4H3,(H,15,16);1H. The van der Waals surface area contributed by atoms with E-state index in [-0.39, 0.29) is 29.4 Å². The van der Waals surface area contributed by atoms with Gasteiger partial charge in [-0.25, -0.2) is 13.1 Å². The van der Waals surface area contributed by atoms with Gasteiger partial charge >= 0.3 is 0 Å². The minimum atomic E-state index is -3.23. The highest BCUT2D eigenvalue weighted by molar-refractivity contribution is 14.0. The Morgan fingerprint density at radius 1 is 1.39 bits per heavy atom. The molecule has 0 aliphatic carbocycles. The second-order valence-electron chi connectivity index (χ2n) is 7.13. The number of aliphatic imine (C=N–C) groups is 1. The number of sulfonamides is 1. The largest absolute Gasteiger partial charge is 0.381 e. The number of guanidine groups is 1. The van der Waals surface area contributed by atoms with Gasteiger partial charge in [0.05, 0.1) is 12.9 Å². The van der Waals surface area contributed by atoms with Gasteiger partial charge in [-0.3, -0.25) is 4.99 Å². The molecule has 1 spiro atoms. The summed E-state index contributed by atoms with van der Waals surface area (Å²) in [6.45, 7) is 7.78. The van der Waals surface area contributed by atoms with E-state index in [0.29, 0.717) is 6.54 Å². The van der Waals surface area contributed by atoms with Gasteiger partial charge in [-0.2, -0.15) is 0 Å². The van der Waals surface area contributed by atoms with E-state index in [1.165, 1.54) is 6.26 Å². The zero-order valence-electron chi connectivity index (χ0n) is 14.4. The minimum Gasteiger partial charge on any atom is -0.381 e. The molecule has 0 aromatic carbocycles. The molecule has 0 saturated carbocycles. The highest BCUT2D eigenvalue weighted by Crippen LogP contribution is 2.38. The number of rotatable bonds is 4. The SMILES string of the molecule is CN=C(NCC(C)(C)NS(C)(=O)=O)N1CCC2(CCOC2)C1.I. The first-order valence-electron chi connectivity index (χ1n) is 7.67. The molecule has 1 atom stereocenters. The molecule has 7 nitrogen and oxygen atoms in total. The summed E-state index contributed by atoms with van der Waals surface area (Å²) in [5, 5.41) is 3.29. The third-order valence-electron chi connectivity index (χ3n) is 4.28. The zero-order chi connectivity index (χ0) is 16.4. The second kappa shape index (κ2) is 7.83. The van der Waals surface area contributed by atoms with Crippen molar-refractivity contribution in [3.8, 4) is 0 Å². The maximum Gasteiger partial charge on any atom is 0.209 e. The van der Waals surface area contributed by atoms with E-state index >= 15 is 0 Å². The minimum absolute atomic E-state index is 0. The molecule has 1 unspecified atom stereocenters. The molecule has 2 N–H and O–H groups in total. The molecular formula is C14H29IN4O3S. The molecule has 0 amide bonds. The van der Waals surface area contributed by atoms with Gasteiger partial charge in [-0.05, 0) is 26.7 Å². The van der Waals surface area contributed by atoms with Gasteiger partial charge in [0.15, 0.2) is 5.96 Å². The van der Waals surface area contributed by atoms with Gasteiger partial charge in [-0.1, -0.05) is 0 Å². The number of ether oxygens (including phenoxy) is 1. The maximum absolute atomic E-state index is 11.4. The first kappa shape index (κ1) is 20.9. The van der Waals surface area contributed by atoms with Gasteiger partial charge < -0.3 is 15.0 Å². The monoisotopic (exact) mass is 460 g/mol. The summed E-state index contributed by atoms with van der Waals surface area (Å²) in [6, 6.07) is 0. The second-order valence-corrected chi connectivity index (χ2v) is 8.88. The Morgan fingerprint density at radius 3 is 2.61 bits per heavy atom. The predicted octanol–water partition coefficient (Wildman–Crippen LogP) is 0.620. The van der Waals surface area contributed by atoms with Crippen LogP contribution in [0.5, 0.6) is 0 Å². The van der Waals surface area contributed by atoms with E-state index in [4.69, 9.17) is 4.74 Å². The Labute approximate surface area is 156 Å². The fourth-order valence-electron chi connectivity index (χ4n) is 3.26. The van der Waals surface area contributed by atoms with Crippen LogP contribution in [0.3, 0.4) is 0 Å². The van der Waals surface area contributed by atoms with Crippen LogP contribution in [-0.2, 0) is 14.8 Å². The van der Waals surface area contributed by atoms with Crippen molar-refractivity contribution in [2.75, 3.05) is 46.2 Å². The average molecular weight is 460 g/mol. The molecule has 2 aliphatic rings. The molecule has 2 aliphatic heterocycles. The van der Waals surface area contributed by atoms with Crippen molar-refractivity contribution < 1.29 is 13.2 Å². The number of halogens is 1. The van der Waals surface area contributed by atoms with Crippen LogP contribution < -0.4 is 10.0 Å². The summed E-state index contributed by atoms with van der Waals surface area (Å²) in [7, 11) is -1.47. The summed E-state index contributed by atoms with van der Waals surface area (Å²) in [6.07, 6.45) is 3.41. The Kier molecular flexibility index (Phi) is 7.12. The lowest BCUT2D eigenvalue weighted by molar-refractivity contribution is 0.156. The van der Waals surface area contributed by atoms with Crippen molar-refractivity contribution in [3.63, 3.8) is 0 Å². The van der Waals surface area contributed by atoms with Crippen molar-refractivity contribution in [1.82, 2.24) is 14.9 Å². The van der Waals surface area contributed by atoms with E-state index in [2.05, 4.69) is 19.9 Å². The van der Waals surface area contributed by atoms with Crippen LogP contribution in [0.1, 0.15) is 26.7 Å². The van der Waals surface area contributed by atoms with Crippen molar-refractivity contribution in [3.05, 3.63) is 0 Å². The highest BCUT2D eigenvalue weighted by atomic mass is 127. The number of hydrogen-bond acceptors (Lipinski definition) is 4. The van der Waals surface area contributed by atoms with Crippen LogP contribution in [-0.4, -0.2) is 71.0 Å². The van der Waals surface area contributed by atoms with E-state index in [9.17, 15) is 8.42 Å². The van der Waals surface area contributed by atoms with E-state index in [1.807, 2.05) is 13.8 Å². The van der Waals surface area contributed by atoms with E-state index in [0.717, 1.165) is 45.1 Å². The quantitative estimate of drug-likeness (QED) is 0.365. The molecule has 2 fully saturated rings. The Hall–Kier alpha value is -0.130. The predicted molar refractivity (Wildman–Crippen MR) is 103 cm³/mol. The summed E-state index contributed by atoms with van der Waals surface area (Å²) < 4.78 is 31.0. The molecule has 23 heavy (non-hydrogen) atoms. The summed E-state index contributed by atoms with van der Waals surface area (Å²) in [5.74, 6) is 0.826. The Balaban J connectivity index is 0.00000264. The number of nitrogens with zero attached hydrogens (tertiary/aromatic N) is 2. The van der Waals surface area contributed by atoms with Crippen molar-refractivity contribution in [2.45, 2.75) is 32.2 Å². The van der Waals surface area contributed by atoms with Crippen molar-refractivity contribution in [2.24, 2.45) is 10.4 Å². The van der Waals surface area contributed by atoms with Gasteiger partial charge in [0.1, 0.15) is 0 Å². The molecule has 0 bridgehead atoms. The highest BCUT2D eigenvalue weighted by Gasteiger charge is 2.42. The van der Waals surface area contributed by atoms with Crippen molar-refractivity contribution in [1.29, 1.82) is 0 Å². The number of nitrogens with one attached hydrogen (secondary N) is 2. The molecule has 0 aromatic heterocycles. The lowest BCUT2D eigenvalue weighted by Crippen LogP contribution is -2.53. The van der Waals surface area contributed by atoms with Crippen LogP contribution in [0.15, 0.2) is 4.99 Å².